The minimum atomic E-state index is -1.13. The number of benzene rings is 2. The van der Waals surface area contributed by atoms with E-state index in [0.717, 1.165) is 0 Å². The van der Waals surface area contributed by atoms with Crippen LogP contribution in [0.3, 0.4) is 0 Å². The van der Waals surface area contributed by atoms with Gasteiger partial charge in [-0.2, -0.15) is 0 Å². The molecule has 0 fully saturated rings. The molecule has 0 aliphatic rings. The number of aromatic carboxylic acids is 1. The van der Waals surface area contributed by atoms with Crippen molar-refractivity contribution in [3.63, 3.8) is 0 Å². The van der Waals surface area contributed by atoms with Crippen molar-refractivity contribution in [2.24, 2.45) is 0 Å². The first-order valence-electron chi connectivity index (χ1n) is 5.80. The molecule has 6 N–H and O–H groups in total. The Bertz CT molecular complexity index is 656. The molecule has 0 amide bonds. The fraction of sp³-hybridized carbons (Fsp3) is 0.0714. The van der Waals surface area contributed by atoms with Gasteiger partial charge in [-0.25, -0.2) is 4.79 Å². The summed E-state index contributed by atoms with van der Waals surface area (Å²) < 4.78 is 5.42. The summed E-state index contributed by atoms with van der Waals surface area (Å²) in [5.41, 5.74) is 12.3. The van der Waals surface area contributed by atoms with Crippen molar-refractivity contribution >= 4 is 17.3 Å². The number of phenols is 1. The molecule has 0 aliphatic heterocycles. The highest BCUT2D eigenvalue weighted by Gasteiger charge is 2.12. The van der Waals surface area contributed by atoms with Gasteiger partial charge in [-0.1, -0.05) is 0 Å². The SMILES string of the molecule is Nc1ccc(COc2ccc(N)cc2C(=O)O)c(O)c1. The van der Waals surface area contributed by atoms with Gasteiger partial charge >= 0.3 is 5.97 Å². The maximum Gasteiger partial charge on any atom is 0.339 e. The van der Waals surface area contributed by atoms with Crippen LogP contribution in [0.2, 0.25) is 0 Å². The molecule has 6 heteroatoms. The van der Waals surface area contributed by atoms with Gasteiger partial charge in [0.05, 0.1) is 0 Å². The second-order valence-electron chi connectivity index (χ2n) is 4.24. The summed E-state index contributed by atoms with van der Waals surface area (Å²) in [4.78, 5) is 11.1. The number of nitrogens with two attached hydrogens (primary N) is 2. The summed E-state index contributed by atoms with van der Waals surface area (Å²) in [6, 6.07) is 8.99. The Hall–Kier alpha value is -2.89. The summed E-state index contributed by atoms with van der Waals surface area (Å²) in [6.45, 7) is 0.0241. The topological polar surface area (TPSA) is 119 Å². The summed E-state index contributed by atoms with van der Waals surface area (Å²) in [6.07, 6.45) is 0. The van der Waals surface area contributed by atoms with Gasteiger partial charge in [0.15, 0.2) is 0 Å². The maximum absolute atomic E-state index is 11.1. The zero-order valence-electron chi connectivity index (χ0n) is 10.5. The van der Waals surface area contributed by atoms with Crippen LogP contribution in [0.5, 0.6) is 11.5 Å². The average Bonchev–Trinajstić information content (AvgIpc) is 2.38. The lowest BCUT2D eigenvalue weighted by Gasteiger charge is -2.11. The Labute approximate surface area is 115 Å². The Kier molecular flexibility index (Phi) is 3.65. The first-order chi connectivity index (χ1) is 9.47. The monoisotopic (exact) mass is 274 g/mol. The molecule has 0 unspecified atom stereocenters. The standard InChI is InChI=1S/C14H14N2O4/c15-9-3-4-13(11(5-9)14(18)19)20-7-8-1-2-10(16)6-12(8)17/h1-6,17H,7,15-16H2,(H,18,19). The van der Waals surface area contributed by atoms with E-state index in [1.807, 2.05) is 0 Å². The van der Waals surface area contributed by atoms with Gasteiger partial charge in [-0.3, -0.25) is 0 Å². The molecule has 0 saturated heterocycles. The van der Waals surface area contributed by atoms with E-state index in [4.69, 9.17) is 21.3 Å². The lowest BCUT2D eigenvalue weighted by Crippen LogP contribution is -2.04. The molecule has 0 aromatic heterocycles. The molecule has 2 aromatic carbocycles. The summed E-state index contributed by atoms with van der Waals surface area (Å²) >= 11 is 0. The second kappa shape index (κ2) is 5.40. The van der Waals surface area contributed by atoms with Crippen molar-refractivity contribution < 1.29 is 19.7 Å². The van der Waals surface area contributed by atoms with Gasteiger partial charge in [-0.05, 0) is 30.3 Å². The molecular formula is C14H14N2O4. The Morgan fingerprint density at radius 1 is 1.10 bits per heavy atom. The van der Waals surface area contributed by atoms with Gasteiger partial charge in [0.2, 0.25) is 0 Å². The van der Waals surface area contributed by atoms with Crippen LogP contribution in [0.25, 0.3) is 0 Å². The number of carbonyl (C=O) groups is 1. The molecule has 20 heavy (non-hydrogen) atoms. The first kappa shape index (κ1) is 13.5. The molecule has 104 valence electrons. The summed E-state index contributed by atoms with van der Waals surface area (Å²) in [7, 11) is 0. The zero-order valence-corrected chi connectivity index (χ0v) is 10.5. The number of anilines is 2. The first-order valence-corrected chi connectivity index (χ1v) is 5.80. The maximum atomic E-state index is 11.1. The van der Waals surface area contributed by atoms with Crippen LogP contribution in [0.4, 0.5) is 11.4 Å². The zero-order chi connectivity index (χ0) is 14.7. The van der Waals surface area contributed by atoms with E-state index in [9.17, 15) is 9.90 Å². The number of carboxylic acids is 1. The number of carboxylic acid groups (broad SMARTS) is 1. The average molecular weight is 274 g/mol. The smallest absolute Gasteiger partial charge is 0.339 e. The summed E-state index contributed by atoms with van der Waals surface area (Å²) in [5.74, 6) is -0.950. The van der Waals surface area contributed by atoms with Crippen LogP contribution in [0.15, 0.2) is 36.4 Å². The molecule has 0 saturated carbocycles. The molecule has 0 heterocycles. The number of rotatable bonds is 4. The van der Waals surface area contributed by atoms with Gasteiger partial charge in [0.1, 0.15) is 23.7 Å². The van der Waals surface area contributed by atoms with Crippen molar-refractivity contribution in [1.82, 2.24) is 0 Å². The van der Waals surface area contributed by atoms with Crippen LogP contribution in [0.1, 0.15) is 15.9 Å². The number of hydrogen-bond acceptors (Lipinski definition) is 5. The highest BCUT2D eigenvalue weighted by atomic mass is 16.5. The minimum absolute atomic E-state index is 0.00248. The van der Waals surface area contributed by atoms with Gasteiger partial charge in [0, 0.05) is 23.0 Å². The molecule has 0 atom stereocenters. The minimum Gasteiger partial charge on any atom is -0.507 e. The fourth-order valence-corrected chi connectivity index (χ4v) is 1.70. The largest absolute Gasteiger partial charge is 0.507 e. The third-order valence-electron chi connectivity index (χ3n) is 2.73. The Morgan fingerprint density at radius 2 is 1.75 bits per heavy atom. The predicted molar refractivity (Wildman–Crippen MR) is 74.7 cm³/mol. The molecule has 0 bridgehead atoms. The van der Waals surface area contributed by atoms with Crippen LogP contribution >= 0.6 is 0 Å². The highest BCUT2D eigenvalue weighted by Crippen LogP contribution is 2.25. The molecule has 0 spiro atoms. The van der Waals surface area contributed by atoms with Gasteiger partial charge in [0.25, 0.3) is 0 Å². The normalized spacial score (nSPS) is 10.2. The van der Waals surface area contributed by atoms with Gasteiger partial charge in [-0.15, -0.1) is 0 Å². The van der Waals surface area contributed by atoms with E-state index in [-0.39, 0.29) is 23.7 Å². The molecule has 0 aliphatic carbocycles. The van der Waals surface area contributed by atoms with Crippen LogP contribution in [-0.2, 0) is 6.61 Å². The molecule has 2 rings (SSSR count). The van der Waals surface area contributed by atoms with Gasteiger partial charge < -0.3 is 26.4 Å². The number of ether oxygens (including phenoxy) is 1. The third kappa shape index (κ3) is 2.92. The molecule has 2 aromatic rings. The predicted octanol–water partition coefficient (Wildman–Crippen LogP) is 1.83. The number of aromatic hydroxyl groups is 1. The number of nitrogen functional groups attached to an aromatic ring is 2. The summed E-state index contributed by atoms with van der Waals surface area (Å²) in [5, 5.41) is 18.8. The van der Waals surface area contributed by atoms with Crippen molar-refractivity contribution in [2.75, 3.05) is 11.5 Å². The lowest BCUT2D eigenvalue weighted by molar-refractivity contribution is 0.0692. The Morgan fingerprint density at radius 3 is 2.40 bits per heavy atom. The lowest BCUT2D eigenvalue weighted by atomic mass is 10.1. The van der Waals surface area contributed by atoms with E-state index >= 15 is 0 Å². The number of hydrogen-bond donors (Lipinski definition) is 4. The quantitative estimate of drug-likeness (QED) is 0.631. The molecule has 0 radical (unpaired) electrons. The van der Waals surface area contributed by atoms with E-state index in [1.165, 1.54) is 18.2 Å². The number of phenolic OH excluding ortho intramolecular Hbond substituents is 1. The van der Waals surface area contributed by atoms with E-state index in [1.54, 1.807) is 18.2 Å². The van der Waals surface area contributed by atoms with Crippen LogP contribution in [0, 0.1) is 0 Å². The van der Waals surface area contributed by atoms with E-state index < -0.39 is 5.97 Å². The third-order valence-corrected chi connectivity index (χ3v) is 2.73. The fourth-order valence-electron chi connectivity index (χ4n) is 1.70. The Balaban J connectivity index is 2.20. The molecule has 6 nitrogen and oxygen atoms in total. The molecular weight excluding hydrogens is 260 g/mol. The van der Waals surface area contributed by atoms with Crippen molar-refractivity contribution in [2.45, 2.75) is 6.61 Å². The highest BCUT2D eigenvalue weighted by molar-refractivity contribution is 5.92. The van der Waals surface area contributed by atoms with Crippen LogP contribution < -0.4 is 16.2 Å². The van der Waals surface area contributed by atoms with E-state index in [2.05, 4.69) is 0 Å². The van der Waals surface area contributed by atoms with E-state index in [0.29, 0.717) is 16.9 Å². The van der Waals surface area contributed by atoms with Crippen molar-refractivity contribution in [3.8, 4) is 11.5 Å². The second-order valence-corrected chi connectivity index (χ2v) is 4.24. The van der Waals surface area contributed by atoms with Crippen molar-refractivity contribution in [1.29, 1.82) is 0 Å². The van der Waals surface area contributed by atoms with Crippen LogP contribution in [-0.4, -0.2) is 16.2 Å². The van der Waals surface area contributed by atoms with Crippen molar-refractivity contribution in [3.05, 3.63) is 47.5 Å².